The van der Waals surface area contributed by atoms with Gasteiger partial charge in [0.05, 0.1) is 7.11 Å². The van der Waals surface area contributed by atoms with E-state index in [1.54, 1.807) is 13.2 Å². The number of ether oxygens (including phenoxy) is 1. The summed E-state index contributed by atoms with van der Waals surface area (Å²) in [7, 11) is 1.61. The number of rotatable bonds is 3. The second kappa shape index (κ2) is 7.51. The van der Waals surface area contributed by atoms with Gasteiger partial charge in [-0.2, -0.15) is 0 Å². The molecular weight excluding hydrogens is 316 g/mol. The van der Waals surface area contributed by atoms with E-state index in [0.29, 0.717) is 17.9 Å². The minimum atomic E-state index is 0.0517. The molecule has 132 valence electrons. The molecule has 6 nitrogen and oxygen atoms in total. The second-order valence-corrected chi connectivity index (χ2v) is 6.28. The van der Waals surface area contributed by atoms with E-state index in [2.05, 4.69) is 14.9 Å². The van der Waals surface area contributed by atoms with Crippen LogP contribution in [0.5, 0.6) is 5.75 Å². The van der Waals surface area contributed by atoms with Crippen molar-refractivity contribution in [2.45, 2.75) is 20.3 Å². The number of anilines is 1. The molecule has 0 bridgehead atoms. The van der Waals surface area contributed by atoms with E-state index in [1.165, 1.54) is 0 Å². The van der Waals surface area contributed by atoms with Crippen LogP contribution in [-0.2, 0) is 0 Å². The van der Waals surface area contributed by atoms with Gasteiger partial charge in [-0.05, 0) is 38.5 Å². The summed E-state index contributed by atoms with van der Waals surface area (Å²) in [5.41, 5.74) is 1.64. The zero-order valence-electron chi connectivity index (χ0n) is 15.0. The summed E-state index contributed by atoms with van der Waals surface area (Å²) in [5.74, 6) is 2.48. The molecule has 3 rings (SSSR count). The SMILES string of the molecule is COc1cccc(C(=O)N2CCCN(c3cc(C)nc(C)n3)CC2)c1. The molecule has 0 aliphatic carbocycles. The standard InChI is InChI=1S/C19H24N4O2/c1-14-12-18(21-15(2)20-14)22-8-5-9-23(11-10-22)19(24)16-6-4-7-17(13-16)25-3/h4,6-7,12-13H,5,8-11H2,1-3H3. The summed E-state index contributed by atoms with van der Waals surface area (Å²) in [6.07, 6.45) is 0.914. The molecule has 1 aliphatic rings. The maximum atomic E-state index is 12.8. The van der Waals surface area contributed by atoms with E-state index in [1.807, 2.05) is 43.0 Å². The molecule has 0 saturated carbocycles. The highest BCUT2D eigenvalue weighted by Gasteiger charge is 2.21. The summed E-state index contributed by atoms with van der Waals surface area (Å²) in [6, 6.07) is 9.34. The predicted octanol–water partition coefficient (Wildman–Crippen LogP) is 2.45. The molecule has 1 aromatic carbocycles. The number of amides is 1. The van der Waals surface area contributed by atoms with Crippen molar-refractivity contribution in [3.8, 4) is 5.75 Å². The molecule has 0 unspecified atom stereocenters. The van der Waals surface area contributed by atoms with Gasteiger partial charge in [-0.15, -0.1) is 0 Å². The molecule has 6 heteroatoms. The normalized spacial score (nSPS) is 15.0. The van der Waals surface area contributed by atoms with Crippen LogP contribution in [0.15, 0.2) is 30.3 Å². The first-order chi connectivity index (χ1) is 12.1. The molecule has 1 amide bonds. The van der Waals surface area contributed by atoms with Crippen molar-refractivity contribution < 1.29 is 9.53 Å². The average molecular weight is 340 g/mol. The van der Waals surface area contributed by atoms with Crippen molar-refractivity contribution in [2.24, 2.45) is 0 Å². The molecule has 2 aromatic rings. The highest BCUT2D eigenvalue weighted by molar-refractivity contribution is 5.94. The first-order valence-corrected chi connectivity index (χ1v) is 8.57. The number of nitrogens with zero attached hydrogens (tertiary/aromatic N) is 4. The second-order valence-electron chi connectivity index (χ2n) is 6.28. The first-order valence-electron chi connectivity index (χ1n) is 8.57. The molecule has 1 aliphatic heterocycles. The van der Waals surface area contributed by atoms with Crippen LogP contribution in [-0.4, -0.2) is 54.1 Å². The molecule has 1 fully saturated rings. The third kappa shape index (κ3) is 4.07. The lowest BCUT2D eigenvalue weighted by atomic mass is 10.2. The van der Waals surface area contributed by atoms with Crippen LogP contribution < -0.4 is 9.64 Å². The van der Waals surface area contributed by atoms with E-state index in [4.69, 9.17) is 4.74 Å². The lowest BCUT2D eigenvalue weighted by molar-refractivity contribution is 0.0766. The minimum Gasteiger partial charge on any atom is -0.497 e. The molecule has 0 N–H and O–H groups in total. The summed E-state index contributed by atoms with van der Waals surface area (Å²) < 4.78 is 5.22. The Morgan fingerprint density at radius 2 is 1.92 bits per heavy atom. The largest absolute Gasteiger partial charge is 0.497 e. The van der Waals surface area contributed by atoms with Gasteiger partial charge in [0.25, 0.3) is 5.91 Å². The Labute approximate surface area is 148 Å². The highest BCUT2D eigenvalue weighted by Crippen LogP contribution is 2.18. The Morgan fingerprint density at radius 3 is 2.68 bits per heavy atom. The van der Waals surface area contributed by atoms with Crippen molar-refractivity contribution in [2.75, 3.05) is 38.2 Å². The van der Waals surface area contributed by atoms with Crippen LogP contribution >= 0.6 is 0 Å². The third-order valence-electron chi connectivity index (χ3n) is 4.38. The van der Waals surface area contributed by atoms with Gasteiger partial charge < -0.3 is 14.5 Å². The number of hydrogen-bond acceptors (Lipinski definition) is 5. The summed E-state index contributed by atoms with van der Waals surface area (Å²) >= 11 is 0. The van der Waals surface area contributed by atoms with Crippen molar-refractivity contribution in [3.05, 3.63) is 47.4 Å². The fraction of sp³-hybridized carbons (Fsp3) is 0.421. The van der Waals surface area contributed by atoms with Crippen LogP contribution in [0.1, 0.15) is 28.3 Å². The van der Waals surface area contributed by atoms with Gasteiger partial charge in [-0.3, -0.25) is 4.79 Å². The zero-order valence-corrected chi connectivity index (χ0v) is 15.0. The van der Waals surface area contributed by atoms with Crippen molar-refractivity contribution in [1.82, 2.24) is 14.9 Å². The van der Waals surface area contributed by atoms with Crippen LogP contribution in [0.4, 0.5) is 5.82 Å². The van der Waals surface area contributed by atoms with Gasteiger partial charge >= 0.3 is 0 Å². The van der Waals surface area contributed by atoms with Crippen LogP contribution in [0.25, 0.3) is 0 Å². The molecule has 1 aromatic heterocycles. The lowest BCUT2D eigenvalue weighted by Crippen LogP contribution is -2.35. The van der Waals surface area contributed by atoms with Gasteiger partial charge in [-0.25, -0.2) is 9.97 Å². The van der Waals surface area contributed by atoms with E-state index in [0.717, 1.165) is 43.4 Å². The molecule has 1 saturated heterocycles. The molecule has 0 radical (unpaired) electrons. The third-order valence-corrected chi connectivity index (χ3v) is 4.38. The van der Waals surface area contributed by atoms with Gasteiger partial charge in [-0.1, -0.05) is 6.07 Å². The van der Waals surface area contributed by atoms with Crippen molar-refractivity contribution >= 4 is 11.7 Å². The first kappa shape index (κ1) is 17.2. The van der Waals surface area contributed by atoms with Crippen LogP contribution in [0.3, 0.4) is 0 Å². The maximum absolute atomic E-state index is 12.8. The Hall–Kier alpha value is -2.63. The number of aryl methyl sites for hydroxylation is 2. The fourth-order valence-corrected chi connectivity index (χ4v) is 3.15. The maximum Gasteiger partial charge on any atom is 0.254 e. The van der Waals surface area contributed by atoms with Gasteiger partial charge in [0.2, 0.25) is 0 Å². The Morgan fingerprint density at radius 1 is 1.08 bits per heavy atom. The molecule has 0 atom stereocenters. The average Bonchev–Trinajstić information content (AvgIpc) is 2.86. The number of aromatic nitrogens is 2. The lowest BCUT2D eigenvalue weighted by Gasteiger charge is -2.23. The summed E-state index contributed by atoms with van der Waals surface area (Å²) in [4.78, 5) is 25.8. The summed E-state index contributed by atoms with van der Waals surface area (Å²) in [5, 5.41) is 0. The molecule has 2 heterocycles. The molecular formula is C19H24N4O2. The number of hydrogen-bond donors (Lipinski definition) is 0. The van der Waals surface area contributed by atoms with Crippen molar-refractivity contribution in [1.29, 1.82) is 0 Å². The summed E-state index contributed by atoms with van der Waals surface area (Å²) in [6.45, 7) is 6.97. The topological polar surface area (TPSA) is 58.6 Å². The van der Waals surface area contributed by atoms with Gasteiger partial charge in [0.1, 0.15) is 17.4 Å². The van der Waals surface area contributed by atoms with Crippen molar-refractivity contribution in [3.63, 3.8) is 0 Å². The minimum absolute atomic E-state index is 0.0517. The van der Waals surface area contributed by atoms with E-state index < -0.39 is 0 Å². The van der Waals surface area contributed by atoms with Crippen LogP contribution in [0.2, 0.25) is 0 Å². The molecule has 0 spiro atoms. The Balaban J connectivity index is 1.71. The number of benzene rings is 1. The monoisotopic (exact) mass is 340 g/mol. The number of carbonyl (C=O) groups excluding carboxylic acids is 1. The zero-order chi connectivity index (χ0) is 17.8. The predicted molar refractivity (Wildman–Crippen MR) is 97.2 cm³/mol. The Kier molecular flexibility index (Phi) is 5.16. The van der Waals surface area contributed by atoms with E-state index in [-0.39, 0.29) is 5.91 Å². The highest BCUT2D eigenvalue weighted by atomic mass is 16.5. The van der Waals surface area contributed by atoms with Gasteiger partial charge in [0.15, 0.2) is 0 Å². The van der Waals surface area contributed by atoms with Gasteiger partial charge in [0, 0.05) is 43.5 Å². The van der Waals surface area contributed by atoms with Crippen LogP contribution in [0, 0.1) is 13.8 Å². The molecule has 25 heavy (non-hydrogen) atoms. The number of carbonyl (C=O) groups is 1. The van der Waals surface area contributed by atoms with E-state index >= 15 is 0 Å². The Bertz CT molecular complexity index is 743. The quantitative estimate of drug-likeness (QED) is 0.859. The smallest absolute Gasteiger partial charge is 0.254 e. The van der Waals surface area contributed by atoms with E-state index in [9.17, 15) is 4.79 Å². The fourth-order valence-electron chi connectivity index (χ4n) is 3.15. The number of methoxy groups -OCH3 is 1.